The van der Waals surface area contributed by atoms with Crippen LogP contribution in [0.5, 0.6) is 0 Å². The Labute approximate surface area is 149 Å². The van der Waals surface area contributed by atoms with E-state index >= 15 is 0 Å². The maximum Gasteiger partial charge on any atom is 0.228 e. The third kappa shape index (κ3) is 4.69. The van der Waals surface area contributed by atoms with Gasteiger partial charge in [0.25, 0.3) is 0 Å². The second-order valence-corrected chi connectivity index (χ2v) is 6.97. The summed E-state index contributed by atoms with van der Waals surface area (Å²) in [4.78, 5) is 14.8. The number of nitrogens with zero attached hydrogens (tertiary/aromatic N) is 3. The van der Waals surface area contributed by atoms with E-state index in [1.165, 1.54) is 0 Å². The van der Waals surface area contributed by atoms with Gasteiger partial charge in [-0.3, -0.25) is 9.48 Å². The molecule has 0 unspecified atom stereocenters. The molecule has 2 atom stereocenters. The molecule has 1 amide bonds. The molecule has 0 bridgehead atoms. The molecule has 1 aliphatic rings. The molecule has 0 spiro atoms. The number of benzene rings is 1. The van der Waals surface area contributed by atoms with E-state index in [0.29, 0.717) is 13.2 Å². The smallest absolute Gasteiger partial charge is 0.228 e. The highest BCUT2D eigenvalue weighted by molar-refractivity contribution is 5.79. The van der Waals surface area contributed by atoms with Crippen LogP contribution in [-0.4, -0.2) is 39.8 Å². The van der Waals surface area contributed by atoms with Gasteiger partial charge in [-0.05, 0) is 30.9 Å². The lowest BCUT2D eigenvalue weighted by molar-refractivity contribution is -0.138. The maximum atomic E-state index is 12.8. The summed E-state index contributed by atoms with van der Waals surface area (Å²) in [6, 6.07) is 10.3. The topological polar surface area (TPSA) is 47.4 Å². The second kappa shape index (κ2) is 8.30. The van der Waals surface area contributed by atoms with E-state index in [9.17, 15) is 4.79 Å². The fourth-order valence-electron chi connectivity index (χ4n) is 3.38. The van der Waals surface area contributed by atoms with Crippen molar-refractivity contribution in [1.82, 2.24) is 14.7 Å². The molecule has 5 heteroatoms. The molecule has 3 rings (SSSR count). The lowest BCUT2D eigenvalue weighted by atomic mass is 10.1. The van der Waals surface area contributed by atoms with Crippen molar-refractivity contribution < 1.29 is 9.53 Å². The number of carbonyl (C=O) groups is 1. The van der Waals surface area contributed by atoms with Crippen molar-refractivity contribution in [3.8, 4) is 0 Å². The molecule has 0 saturated carbocycles. The van der Waals surface area contributed by atoms with Gasteiger partial charge in [0.15, 0.2) is 0 Å². The summed E-state index contributed by atoms with van der Waals surface area (Å²) in [5.74, 6) is 0.0723. The molecule has 0 radical (unpaired) electrons. The number of amides is 1. The molecule has 1 fully saturated rings. The highest BCUT2D eigenvalue weighted by atomic mass is 16.5. The Balaban J connectivity index is 1.50. The fourth-order valence-corrected chi connectivity index (χ4v) is 3.38. The Morgan fingerprint density at radius 1 is 1.36 bits per heavy atom. The fraction of sp³-hybridized carbons (Fsp3) is 0.500. The van der Waals surface area contributed by atoms with E-state index in [1.807, 2.05) is 66.2 Å². The van der Waals surface area contributed by atoms with Gasteiger partial charge in [0.2, 0.25) is 5.91 Å². The van der Waals surface area contributed by atoms with Crippen molar-refractivity contribution in [2.75, 3.05) is 13.2 Å². The predicted octanol–water partition coefficient (Wildman–Crippen LogP) is 3.04. The minimum Gasteiger partial charge on any atom is -0.376 e. The van der Waals surface area contributed by atoms with Gasteiger partial charge < -0.3 is 9.64 Å². The van der Waals surface area contributed by atoms with E-state index in [-0.39, 0.29) is 17.9 Å². The van der Waals surface area contributed by atoms with Gasteiger partial charge >= 0.3 is 0 Å². The van der Waals surface area contributed by atoms with Crippen LogP contribution in [0.1, 0.15) is 30.9 Å². The SMILES string of the molecule is Cc1cnn(C[C@@H]2CCCN2C(=O)[C@@H](C)COCc2ccccc2)c1. The summed E-state index contributed by atoms with van der Waals surface area (Å²) in [7, 11) is 0. The molecule has 2 aromatic rings. The van der Waals surface area contributed by atoms with Crippen molar-refractivity contribution >= 4 is 5.91 Å². The summed E-state index contributed by atoms with van der Waals surface area (Å²) in [6.07, 6.45) is 6.00. The third-order valence-electron chi connectivity index (χ3n) is 4.72. The van der Waals surface area contributed by atoms with E-state index in [2.05, 4.69) is 5.10 Å². The van der Waals surface area contributed by atoms with Crippen LogP contribution >= 0.6 is 0 Å². The molecule has 1 saturated heterocycles. The number of likely N-dealkylation sites (tertiary alicyclic amines) is 1. The normalized spacial score (nSPS) is 18.5. The third-order valence-corrected chi connectivity index (χ3v) is 4.72. The largest absolute Gasteiger partial charge is 0.376 e. The van der Waals surface area contributed by atoms with Gasteiger partial charge in [-0.25, -0.2) is 0 Å². The van der Waals surface area contributed by atoms with Crippen molar-refractivity contribution in [1.29, 1.82) is 0 Å². The minimum absolute atomic E-state index is 0.122. The van der Waals surface area contributed by atoms with Crippen LogP contribution in [0.15, 0.2) is 42.7 Å². The average Bonchev–Trinajstić information content (AvgIpc) is 3.24. The summed E-state index contributed by atoms with van der Waals surface area (Å²) in [5, 5.41) is 4.36. The molecule has 25 heavy (non-hydrogen) atoms. The highest BCUT2D eigenvalue weighted by Crippen LogP contribution is 2.21. The zero-order chi connectivity index (χ0) is 17.6. The van der Waals surface area contributed by atoms with Crippen LogP contribution in [0.3, 0.4) is 0 Å². The van der Waals surface area contributed by atoms with E-state index in [0.717, 1.165) is 37.1 Å². The van der Waals surface area contributed by atoms with Crippen LogP contribution < -0.4 is 0 Å². The molecule has 0 aliphatic carbocycles. The highest BCUT2D eigenvalue weighted by Gasteiger charge is 2.31. The maximum absolute atomic E-state index is 12.8. The van der Waals surface area contributed by atoms with Crippen LogP contribution in [-0.2, 0) is 22.7 Å². The predicted molar refractivity (Wildman–Crippen MR) is 97.0 cm³/mol. The number of hydrogen-bond acceptors (Lipinski definition) is 3. The molecular formula is C20H27N3O2. The molecule has 1 aromatic carbocycles. The molecule has 134 valence electrons. The van der Waals surface area contributed by atoms with E-state index < -0.39 is 0 Å². The summed E-state index contributed by atoms with van der Waals surface area (Å²) in [5.41, 5.74) is 2.29. The number of aromatic nitrogens is 2. The van der Waals surface area contributed by atoms with Gasteiger partial charge in [-0.2, -0.15) is 5.10 Å². The summed E-state index contributed by atoms with van der Waals surface area (Å²) < 4.78 is 7.70. The molecule has 0 N–H and O–H groups in total. The second-order valence-electron chi connectivity index (χ2n) is 6.97. The number of hydrogen-bond donors (Lipinski definition) is 0. The Hall–Kier alpha value is -2.14. The lowest BCUT2D eigenvalue weighted by Gasteiger charge is -2.27. The number of ether oxygens (including phenoxy) is 1. The number of rotatable bonds is 7. The first-order valence-corrected chi connectivity index (χ1v) is 9.04. The average molecular weight is 341 g/mol. The molecule has 1 aromatic heterocycles. The van der Waals surface area contributed by atoms with Crippen LogP contribution in [0.25, 0.3) is 0 Å². The zero-order valence-corrected chi connectivity index (χ0v) is 15.1. The summed E-state index contributed by atoms with van der Waals surface area (Å²) >= 11 is 0. The van der Waals surface area contributed by atoms with Crippen molar-refractivity contribution in [3.05, 3.63) is 53.9 Å². The first-order chi connectivity index (χ1) is 12.1. The zero-order valence-electron chi connectivity index (χ0n) is 15.1. The standard InChI is InChI=1S/C20H27N3O2/c1-16-11-21-22(12-16)13-19-9-6-10-23(19)20(24)17(2)14-25-15-18-7-4-3-5-8-18/h3-5,7-8,11-12,17,19H,6,9-10,13-15H2,1-2H3/t17-,19-/m0/s1. The molecular weight excluding hydrogens is 314 g/mol. The first kappa shape index (κ1) is 17.7. The van der Waals surface area contributed by atoms with Crippen molar-refractivity contribution in [3.63, 3.8) is 0 Å². The van der Waals surface area contributed by atoms with Crippen LogP contribution in [0.2, 0.25) is 0 Å². The van der Waals surface area contributed by atoms with Crippen LogP contribution in [0.4, 0.5) is 0 Å². The molecule has 1 aliphatic heterocycles. The van der Waals surface area contributed by atoms with E-state index in [1.54, 1.807) is 0 Å². The monoisotopic (exact) mass is 341 g/mol. The van der Waals surface area contributed by atoms with Crippen molar-refractivity contribution in [2.45, 2.75) is 45.9 Å². The van der Waals surface area contributed by atoms with Gasteiger partial charge in [-0.15, -0.1) is 0 Å². The van der Waals surface area contributed by atoms with Gasteiger partial charge in [0.05, 0.1) is 37.9 Å². The number of carbonyl (C=O) groups excluding carboxylic acids is 1. The molecule has 5 nitrogen and oxygen atoms in total. The van der Waals surface area contributed by atoms with E-state index in [4.69, 9.17) is 4.74 Å². The minimum atomic E-state index is -0.122. The van der Waals surface area contributed by atoms with Gasteiger partial charge in [-0.1, -0.05) is 37.3 Å². The molecule has 2 heterocycles. The quantitative estimate of drug-likeness (QED) is 0.778. The Morgan fingerprint density at radius 2 is 2.16 bits per heavy atom. The van der Waals surface area contributed by atoms with Gasteiger partial charge in [0.1, 0.15) is 0 Å². The first-order valence-electron chi connectivity index (χ1n) is 9.04. The van der Waals surface area contributed by atoms with Crippen molar-refractivity contribution in [2.24, 2.45) is 5.92 Å². The lowest BCUT2D eigenvalue weighted by Crippen LogP contribution is -2.42. The number of aryl methyl sites for hydroxylation is 1. The Morgan fingerprint density at radius 3 is 2.88 bits per heavy atom. The van der Waals surface area contributed by atoms with Crippen LogP contribution in [0, 0.1) is 12.8 Å². The van der Waals surface area contributed by atoms with Gasteiger partial charge in [0, 0.05) is 12.7 Å². The Bertz CT molecular complexity index is 683. The Kier molecular flexibility index (Phi) is 5.87. The summed E-state index contributed by atoms with van der Waals surface area (Å²) in [6.45, 7) is 6.62.